The van der Waals surface area contributed by atoms with Crippen molar-refractivity contribution < 1.29 is 0 Å². The van der Waals surface area contributed by atoms with Crippen LogP contribution in [-0.2, 0) is 6.42 Å². The van der Waals surface area contributed by atoms with Crippen LogP contribution in [0.25, 0.3) is 0 Å². The van der Waals surface area contributed by atoms with Gasteiger partial charge in [-0.25, -0.2) is 0 Å². The second-order valence-corrected chi connectivity index (χ2v) is 6.42. The van der Waals surface area contributed by atoms with Crippen LogP contribution in [0.15, 0.2) is 12.1 Å². The summed E-state index contributed by atoms with van der Waals surface area (Å²) in [6, 6.07) is 5.05. The lowest BCUT2D eigenvalue weighted by molar-refractivity contribution is 0.500. The number of hydrogen-bond donors (Lipinski definition) is 1. The average Bonchev–Trinajstić information content (AvgIpc) is 2.76. The lowest BCUT2D eigenvalue weighted by Crippen LogP contribution is -2.19. The van der Waals surface area contributed by atoms with Crippen LogP contribution in [0.5, 0.6) is 0 Å². The van der Waals surface area contributed by atoms with Crippen molar-refractivity contribution in [1.29, 1.82) is 0 Å². The quantitative estimate of drug-likeness (QED) is 0.657. The Morgan fingerprint density at radius 2 is 1.94 bits per heavy atom. The van der Waals surface area contributed by atoms with Crippen LogP contribution in [-0.4, -0.2) is 6.54 Å². The molecule has 1 unspecified atom stereocenters. The lowest BCUT2D eigenvalue weighted by Gasteiger charge is -2.12. The van der Waals surface area contributed by atoms with Crippen LogP contribution in [0.1, 0.15) is 62.8 Å². The Balaban J connectivity index is 2.18. The van der Waals surface area contributed by atoms with Crippen molar-refractivity contribution in [2.45, 2.75) is 59.4 Å². The van der Waals surface area contributed by atoms with E-state index in [0.29, 0.717) is 6.04 Å². The highest BCUT2D eigenvalue weighted by Gasteiger charge is 2.07. The van der Waals surface area contributed by atoms with E-state index in [0.717, 1.165) is 18.9 Å². The minimum atomic E-state index is 0.513. The Bertz CT molecular complexity index is 304. The van der Waals surface area contributed by atoms with E-state index in [1.807, 2.05) is 11.3 Å². The maximum absolute atomic E-state index is 3.62. The molecule has 98 valence electrons. The van der Waals surface area contributed by atoms with Gasteiger partial charge in [-0.2, -0.15) is 0 Å². The number of aryl methyl sites for hydroxylation is 1. The molecule has 0 aliphatic heterocycles. The van der Waals surface area contributed by atoms with Crippen molar-refractivity contribution >= 4 is 11.3 Å². The average molecular weight is 253 g/mol. The SMILES string of the molecule is CCc1ccc(C(C)NCCCCC(C)C)s1. The third kappa shape index (κ3) is 5.69. The van der Waals surface area contributed by atoms with Crippen molar-refractivity contribution in [2.75, 3.05) is 6.54 Å². The largest absolute Gasteiger partial charge is 0.309 e. The first-order valence-electron chi connectivity index (χ1n) is 6.95. The fourth-order valence-corrected chi connectivity index (χ4v) is 2.89. The molecule has 1 nitrogen and oxygen atoms in total. The molecule has 0 radical (unpaired) electrons. The number of unbranched alkanes of at least 4 members (excludes halogenated alkanes) is 1. The molecule has 1 aromatic heterocycles. The molecule has 1 heterocycles. The molecule has 1 atom stereocenters. The zero-order chi connectivity index (χ0) is 12.7. The second kappa shape index (κ2) is 7.88. The summed E-state index contributed by atoms with van der Waals surface area (Å²) < 4.78 is 0. The first kappa shape index (κ1) is 14.7. The number of nitrogens with one attached hydrogen (secondary N) is 1. The van der Waals surface area contributed by atoms with E-state index in [1.165, 1.54) is 29.0 Å². The Hall–Kier alpha value is -0.340. The summed E-state index contributed by atoms with van der Waals surface area (Å²) in [6.07, 6.45) is 5.16. The van der Waals surface area contributed by atoms with E-state index in [1.54, 1.807) is 0 Å². The van der Waals surface area contributed by atoms with Gasteiger partial charge in [0.25, 0.3) is 0 Å². The molecule has 0 bridgehead atoms. The molecule has 0 aliphatic carbocycles. The van der Waals surface area contributed by atoms with Gasteiger partial charge in [-0.3, -0.25) is 0 Å². The first-order valence-corrected chi connectivity index (χ1v) is 7.77. The van der Waals surface area contributed by atoms with Crippen LogP contribution < -0.4 is 5.32 Å². The highest BCUT2D eigenvalue weighted by atomic mass is 32.1. The highest BCUT2D eigenvalue weighted by molar-refractivity contribution is 7.12. The van der Waals surface area contributed by atoms with Crippen LogP contribution in [0.4, 0.5) is 0 Å². The topological polar surface area (TPSA) is 12.0 Å². The summed E-state index contributed by atoms with van der Waals surface area (Å²) in [7, 11) is 0. The van der Waals surface area contributed by atoms with Gasteiger partial charge < -0.3 is 5.32 Å². The van der Waals surface area contributed by atoms with Crippen molar-refractivity contribution in [1.82, 2.24) is 5.32 Å². The van der Waals surface area contributed by atoms with Crippen molar-refractivity contribution in [3.05, 3.63) is 21.9 Å². The van der Waals surface area contributed by atoms with Gasteiger partial charge in [-0.05, 0) is 44.4 Å². The van der Waals surface area contributed by atoms with Gasteiger partial charge in [0.05, 0.1) is 0 Å². The summed E-state index contributed by atoms with van der Waals surface area (Å²) in [5.41, 5.74) is 0. The van der Waals surface area contributed by atoms with Crippen molar-refractivity contribution in [3.8, 4) is 0 Å². The van der Waals surface area contributed by atoms with Gasteiger partial charge in [0.2, 0.25) is 0 Å². The minimum absolute atomic E-state index is 0.513. The molecule has 2 heteroatoms. The number of hydrogen-bond acceptors (Lipinski definition) is 2. The van der Waals surface area contributed by atoms with Gasteiger partial charge >= 0.3 is 0 Å². The first-order chi connectivity index (χ1) is 8.13. The summed E-state index contributed by atoms with van der Waals surface area (Å²) in [5, 5.41) is 3.62. The molecular weight excluding hydrogens is 226 g/mol. The fraction of sp³-hybridized carbons (Fsp3) is 0.733. The normalized spacial score (nSPS) is 13.2. The molecule has 0 spiro atoms. The lowest BCUT2D eigenvalue weighted by atomic mass is 10.1. The summed E-state index contributed by atoms with van der Waals surface area (Å²) in [4.78, 5) is 2.97. The van der Waals surface area contributed by atoms with Gasteiger partial charge in [0.15, 0.2) is 0 Å². The zero-order valence-corrected chi connectivity index (χ0v) is 12.6. The summed E-state index contributed by atoms with van der Waals surface area (Å²) >= 11 is 1.95. The smallest absolute Gasteiger partial charge is 0.0386 e. The highest BCUT2D eigenvalue weighted by Crippen LogP contribution is 2.23. The van der Waals surface area contributed by atoms with E-state index >= 15 is 0 Å². The Labute approximate surface area is 111 Å². The predicted octanol–water partition coefficient (Wildman–Crippen LogP) is 4.79. The van der Waals surface area contributed by atoms with E-state index < -0.39 is 0 Å². The third-order valence-electron chi connectivity index (χ3n) is 3.12. The molecule has 0 aromatic carbocycles. The van der Waals surface area contributed by atoms with Crippen LogP contribution in [0.2, 0.25) is 0 Å². The monoisotopic (exact) mass is 253 g/mol. The standard InChI is InChI=1S/C15H27NS/c1-5-14-9-10-15(17-14)13(4)16-11-7-6-8-12(2)3/h9-10,12-13,16H,5-8,11H2,1-4H3. The molecule has 0 amide bonds. The van der Waals surface area contributed by atoms with Gasteiger partial charge in [0.1, 0.15) is 0 Å². The van der Waals surface area contributed by atoms with Crippen molar-refractivity contribution in [2.24, 2.45) is 5.92 Å². The molecule has 1 N–H and O–H groups in total. The molecule has 0 saturated heterocycles. The zero-order valence-electron chi connectivity index (χ0n) is 11.8. The van der Waals surface area contributed by atoms with Gasteiger partial charge in [0, 0.05) is 15.8 Å². The van der Waals surface area contributed by atoms with Gasteiger partial charge in [-0.1, -0.05) is 33.6 Å². The molecule has 0 aliphatic rings. The maximum atomic E-state index is 3.62. The summed E-state index contributed by atoms with van der Waals surface area (Å²) in [6.45, 7) is 10.2. The molecule has 0 fully saturated rings. The third-order valence-corrected chi connectivity index (χ3v) is 4.53. The molecule has 1 aromatic rings. The predicted molar refractivity (Wildman–Crippen MR) is 78.8 cm³/mol. The Morgan fingerprint density at radius 3 is 2.53 bits per heavy atom. The summed E-state index contributed by atoms with van der Waals surface area (Å²) in [5.74, 6) is 0.844. The minimum Gasteiger partial charge on any atom is -0.309 e. The number of thiophene rings is 1. The van der Waals surface area contributed by atoms with Crippen LogP contribution >= 0.6 is 11.3 Å². The van der Waals surface area contributed by atoms with E-state index in [4.69, 9.17) is 0 Å². The van der Waals surface area contributed by atoms with Crippen molar-refractivity contribution in [3.63, 3.8) is 0 Å². The second-order valence-electron chi connectivity index (χ2n) is 5.22. The molecule has 0 saturated carbocycles. The maximum Gasteiger partial charge on any atom is 0.0386 e. The molecule has 1 rings (SSSR count). The van der Waals surface area contributed by atoms with E-state index in [9.17, 15) is 0 Å². The fourth-order valence-electron chi connectivity index (χ4n) is 1.91. The van der Waals surface area contributed by atoms with E-state index in [-0.39, 0.29) is 0 Å². The number of rotatable bonds is 8. The van der Waals surface area contributed by atoms with Crippen LogP contribution in [0, 0.1) is 5.92 Å². The Kier molecular flexibility index (Phi) is 6.83. The van der Waals surface area contributed by atoms with Gasteiger partial charge in [-0.15, -0.1) is 11.3 Å². The van der Waals surface area contributed by atoms with Crippen LogP contribution in [0.3, 0.4) is 0 Å². The Morgan fingerprint density at radius 1 is 1.18 bits per heavy atom. The molecular formula is C15H27NS. The molecule has 17 heavy (non-hydrogen) atoms. The van der Waals surface area contributed by atoms with E-state index in [2.05, 4.69) is 45.1 Å².